The zero-order chi connectivity index (χ0) is 14.9. The van der Waals surface area contributed by atoms with Gasteiger partial charge in [0.1, 0.15) is 0 Å². The first-order valence-corrected chi connectivity index (χ1v) is 7.85. The summed E-state index contributed by atoms with van der Waals surface area (Å²) in [5.41, 5.74) is 2.55. The van der Waals surface area contributed by atoms with Crippen molar-refractivity contribution in [3.63, 3.8) is 0 Å². The van der Waals surface area contributed by atoms with Gasteiger partial charge in [0, 0.05) is 33.4 Å². The summed E-state index contributed by atoms with van der Waals surface area (Å²) in [5, 5.41) is 6.64. The maximum atomic E-state index is 5.61. The van der Waals surface area contributed by atoms with Crippen LogP contribution >= 0.6 is 0 Å². The second kappa shape index (κ2) is 8.67. The fourth-order valence-electron chi connectivity index (χ4n) is 2.03. The Balaban J connectivity index is 1.55. The van der Waals surface area contributed by atoms with E-state index in [-0.39, 0.29) is 0 Å². The van der Waals surface area contributed by atoms with Gasteiger partial charge in [0.05, 0.1) is 0 Å². The fraction of sp³-hybridized carbons (Fsp3) is 0.588. The molecule has 1 fully saturated rings. The highest BCUT2D eigenvalue weighted by Crippen LogP contribution is 2.28. The molecule has 1 aliphatic carbocycles. The minimum absolute atomic E-state index is 0.790. The average molecular weight is 289 g/mol. The number of aryl methyl sites for hydroxylation is 1. The Morgan fingerprint density at radius 3 is 2.67 bits per heavy atom. The molecule has 0 radical (unpaired) electrons. The Bertz CT molecular complexity index is 438. The Morgan fingerprint density at radius 2 is 2.00 bits per heavy atom. The maximum Gasteiger partial charge on any atom is 0.191 e. The molecule has 1 aromatic carbocycles. The predicted octanol–water partition coefficient (Wildman–Crippen LogP) is 2.48. The zero-order valence-electron chi connectivity index (χ0n) is 13.2. The van der Waals surface area contributed by atoms with Gasteiger partial charge in [-0.05, 0) is 37.7 Å². The van der Waals surface area contributed by atoms with E-state index in [1.807, 2.05) is 0 Å². The van der Waals surface area contributed by atoms with Crippen molar-refractivity contribution < 1.29 is 4.74 Å². The maximum absolute atomic E-state index is 5.61. The van der Waals surface area contributed by atoms with Crippen LogP contribution in [0, 0.1) is 12.8 Å². The molecule has 0 unspecified atom stereocenters. The quantitative estimate of drug-likeness (QED) is 0.439. The van der Waals surface area contributed by atoms with Crippen LogP contribution in [0.5, 0.6) is 0 Å². The summed E-state index contributed by atoms with van der Waals surface area (Å²) in [4.78, 5) is 4.23. The van der Waals surface area contributed by atoms with Crippen LogP contribution in [-0.4, -0.2) is 32.8 Å². The summed E-state index contributed by atoms with van der Waals surface area (Å²) in [5.74, 6) is 1.69. The molecule has 1 saturated carbocycles. The molecule has 0 spiro atoms. The van der Waals surface area contributed by atoms with E-state index < -0.39 is 0 Å². The lowest BCUT2D eigenvalue weighted by Gasteiger charge is -2.12. The molecular formula is C17H27N3O. The Kier molecular flexibility index (Phi) is 6.54. The molecular weight excluding hydrogens is 262 g/mol. The lowest BCUT2D eigenvalue weighted by molar-refractivity contribution is 0.123. The van der Waals surface area contributed by atoms with Gasteiger partial charge in [0.25, 0.3) is 0 Å². The van der Waals surface area contributed by atoms with E-state index in [1.165, 1.54) is 24.0 Å². The smallest absolute Gasteiger partial charge is 0.191 e. The van der Waals surface area contributed by atoms with Crippen molar-refractivity contribution in [2.75, 3.05) is 26.8 Å². The minimum Gasteiger partial charge on any atom is -0.381 e. The second-order valence-corrected chi connectivity index (χ2v) is 5.71. The first-order valence-electron chi connectivity index (χ1n) is 7.85. The molecule has 1 aromatic rings. The summed E-state index contributed by atoms with van der Waals surface area (Å²) in [7, 11) is 1.80. The van der Waals surface area contributed by atoms with Crippen molar-refractivity contribution in [3.8, 4) is 0 Å². The molecule has 0 saturated heterocycles. The molecule has 0 amide bonds. The number of benzene rings is 1. The van der Waals surface area contributed by atoms with Crippen molar-refractivity contribution in [1.29, 1.82) is 0 Å². The molecule has 4 heteroatoms. The lowest BCUT2D eigenvalue weighted by atomic mass is 10.1. The van der Waals surface area contributed by atoms with Crippen LogP contribution in [0.4, 0.5) is 0 Å². The van der Waals surface area contributed by atoms with Crippen molar-refractivity contribution in [3.05, 3.63) is 35.4 Å². The van der Waals surface area contributed by atoms with Crippen molar-refractivity contribution in [2.45, 2.75) is 32.7 Å². The molecule has 0 aromatic heterocycles. The zero-order valence-corrected chi connectivity index (χ0v) is 13.2. The van der Waals surface area contributed by atoms with Crippen LogP contribution in [0.25, 0.3) is 0 Å². The average Bonchev–Trinajstić information content (AvgIpc) is 3.31. The third-order valence-corrected chi connectivity index (χ3v) is 3.61. The highest BCUT2D eigenvalue weighted by molar-refractivity contribution is 5.79. The number of aliphatic imine (C=N–C) groups is 1. The first-order chi connectivity index (χ1) is 10.3. The third-order valence-electron chi connectivity index (χ3n) is 3.61. The van der Waals surface area contributed by atoms with Gasteiger partial charge in [0.15, 0.2) is 5.96 Å². The van der Waals surface area contributed by atoms with Gasteiger partial charge in [0.2, 0.25) is 0 Å². The third kappa shape index (κ3) is 6.63. The number of hydrogen-bond acceptors (Lipinski definition) is 2. The van der Waals surface area contributed by atoms with Crippen LogP contribution in [0.2, 0.25) is 0 Å². The van der Waals surface area contributed by atoms with Crippen LogP contribution in [0.1, 0.15) is 30.4 Å². The monoisotopic (exact) mass is 289 g/mol. The Labute approximate surface area is 128 Å². The molecule has 2 rings (SSSR count). The van der Waals surface area contributed by atoms with Crippen LogP contribution in [0.15, 0.2) is 29.3 Å². The lowest BCUT2D eigenvalue weighted by Crippen LogP contribution is -2.37. The van der Waals surface area contributed by atoms with E-state index >= 15 is 0 Å². The van der Waals surface area contributed by atoms with Gasteiger partial charge in [-0.15, -0.1) is 0 Å². The molecule has 1 aliphatic rings. The van der Waals surface area contributed by atoms with E-state index in [0.717, 1.165) is 44.6 Å². The normalized spacial score (nSPS) is 15.0. The number of nitrogens with zero attached hydrogens (tertiary/aromatic N) is 1. The fourth-order valence-corrected chi connectivity index (χ4v) is 2.03. The van der Waals surface area contributed by atoms with Crippen LogP contribution < -0.4 is 10.6 Å². The SMILES string of the molecule is CN=C(NCCCOCC1CC1)NCc1ccc(C)cc1. The highest BCUT2D eigenvalue weighted by atomic mass is 16.5. The van der Waals surface area contributed by atoms with Crippen molar-refractivity contribution in [1.82, 2.24) is 10.6 Å². The van der Waals surface area contributed by atoms with Gasteiger partial charge >= 0.3 is 0 Å². The predicted molar refractivity (Wildman–Crippen MR) is 87.5 cm³/mol. The van der Waals surface area contributed by atoms with Gasteiger partial charge < -0.3 is 15.4 Å². The number of nitrogens with one attached hydrogen (secondary N) is 2. The second-order valence-electron chi connectivity index (χ2n) is 5.71. The molecule has 0 atom stereocenters. The topological polar surface area (TPSA) is 45.7 Å². The molecule has 21 heavy (non-hydrogen) atoms. The Hall–Kier alpha value is -1.55. The molecule has 116 valence electrons. The molecule has 0 aliphatic heterocycles. The molecule has 4 nitrogen and oxygen atoms in total. The summed E-state index contributed by atoms with van der Waals surface area (Å²) in [6.07, 6.45) is 3.72. The van der Waals surface area contributed by atoms with Crippen molar-refractivity contribution >= 4 is 5.96 Å². The number of guanidine groups is 1. The highest BCUT2D eigenvalue weighted by Gasteiger charge is 2.20. The number of rotatable bonds is 8. The van der Waals surface area contributed by atoms with E-state index in [0.29, 0.717) is 0 Å². The van der Waals surface area contributed by atoms with Crippen molar-refractivity contribution in [2.24, 2.45) is 10.9 Å². The van der Waals surface area contributed by atoms with Gasteiger partial charge in [-0.25, -0.2) is 0 Å². The largest absolute Gasteiger partial charge is 0.381 e. The number of hydrogen-bond donors (Lipinski definition) is 2. The van der Waals surface area contributed by atoms with E-state index in [2.05, 4.69) is 46.8 Å². The standard InChI is InChI=1S/C17H27N3O/c1-14-4-6-15(7-5-14)12-20-17(18-2)19-10-3-11-21-13-16-8-9-16/h4-7,16H,3,8-13H2,1-2H3,(H2,18,19,20). The molecule has 0 heterocycles. The van der Waals surface area contributed by atoms with E-state index in [4.69, 9.17) is 4.74 Å². The summed E-state index contributed by atoms with van der Waals surface area (Å²) >= 11 is 0. The summed E-state index contributed by atoms with van der Waals surface area (Å²) in [6, 6.07) is 8.54. The summed E-state index contributed by atoms with van der Waals surface area (Å²) in [6.45, 7) is 5.55. The van der Waals surface area contributed by atoms with Gasteiger partial charge in [-0.1, -0.05) is 29.8 Å². The molecule has 0 bridgehead atoms. The van der Waals surface area contributed by atoms with E-state index in [1.54, 1.807) is 7.05 Å². The van der Waals surface area contributed by atoms with Crippen LogP contribution in [-0.2, 0) is 11.3 Å². The number of ether oxygens (including phenoxy) is 1. The Morgan fingerprint density at radius 1 is 1.24 bits per heavy atom. The van der Waals surface area contributed by atoms with Crippen LogP contribution in [0.3, 0.4) is 0 Å². The van der Waals surface area contributed by atoms with Gasteiger partial charge in [-0.3, -0.25) is 4.99 Å². The molecule has 2 N–H and O–H groups in total. The minimum atomic E-state index is 0.790. The summed E-state index contributed by atoms with van der Waals surface area (Å²) < 4.78 is 5.61. The van der Waals surface area contributed by atoms with E-state index in [9.17, 15) is 0 Å². The first kappa shape index (κ1) is 15.8. The van der Waals surface area contributed by atoms with Gasteiger partial charge in [-0.2, -0.15) is 0 Å².